The zero-order valence-corrected chi connectivity index (χ0v) is 17.9. The number of hydrogen-bond acceptors (Lipinski definition) is 5. The van der Waals surface area contributed by atoms with E-state index in [1.165, 1.54) is 48.2 Å². The maximum atomic E-state index is 13.2. The Hall–Kier alpha value is -3.52. The van der Waals surface area contributed by atoms with Gasteiger partial charge in [0.25, 0.3) is 0 Å². The normalized spacial score (nSPS) is 11.8. The van der Waals surface area contributed by atoms with Gasteiger partial charge in [-0.15, -0.1) is 10.2 Å². The van der Waals surface area contributed by atoms with E-state index in [0.29, 0.717) is 22.3 Å². The molecular weight excluding hydrogens is 432 g/mol. The van der Waals surface area contributed by atoms with Gasteiger partial charge in [-0.25, -0.2) is 8.78 Å². The lowest BCUT2D eigenvalue weighted by molar-refractivity contribution is 0.102. The first-order chi connectivity index (χ1) is 15.5. The topological polar surface area (TPSA) is 57.0 Å². The van der Waals surface area contributed by atoms with E-state index in [4.69, 9.17) is 4.74 Å². The van der Waals surface area contributed by atoms with Crippen molar-refractivity contribution in [2.24, 2.45) is 0 Å². The Bertz CT molecular complexity index is 1200. The number of para-hydroxylation sites is 1. The van der Waals surface area contributed by atoms with Gasteiger partial charge in [0, 0.05) is 11.3 Å². The fourth-order valence-electron chi connectivity index (χ4n) is 3.08. The Morgan fingerprint density at radius 2 is 1.56 bits per heavy atom. The van der Waals surface area contributed by atoms with Crippen LogP contribution in [0, 0.1) is 11.6 Å². The highest BCUT2D eigenvalue weighted by atomic mass is 32.2. The van der Waals surface area contributed by atoms with Crippen LogP contribution < -0.4 is 4.74 Å². The summed E-state index contributed by atoms with van der Waals surface area (Å²) in [7, 11) is 0. The van der Waals surface area contributed by atoms with E-state index in [1.54, 1.807) is 12.1 Å². The summed E-state index contributed by atoms with van der Waals surface area (Å²) in [4.78, 5) is 12.5. The Morgan fingerprint density at radius 1 is 0.938 bits per heavy atom. The van der Waals surface area contributed by atoms with Gasteiger partial charge in [-0.05, 0) is 67.6 Å². The average molecular weight is 451 g/mol. The van der Waals surface area contributed by atoms with Gasteiger partial charge < -0.3 is 4.74 Å². The van der Waals surface area contributed by atoms with Crippen molar-refractivity contribution in [3.63, 3.8) is 0 Å². The molecule has 0 amide bonds. The summed E-state index contributed by atoms with van der Waals surface area (Å²) in [5, 5.41) is 9.10. The fraction of sp³-hybridized carbons (Fsp3) is 0.125. The second-order valence-electron chi connectivity index (χ2n) is 6.94. The number of aromatic nitrogens is 3. The molecule has 0 saturated carbocycles. The molecule has 32 heavy (non-hydrogen) atoms. The van der Waals surface area contributed by atoms with Crippen LogP contribution in [0.4, 0.5) is 8.78 Å². The zero-order valence-electron chi connectivity index (χ0n) is 17.1. The largest absolute Gasteiger partial charge is 0.483 e. The summed E-state index contributed by atoms with van der Waals surface area (Å²) in [6, 6.07) is 20.7. The summed E-state index contributed by atoms with van der Waals surface area (Å²) in [5.41, 5.74) is 1.25. The number of ketones is 1. The second kappa shape index (κ2) is 9.74. The summed E-state index contributed by atoms with van der Waals surface area (Å²) < 4.78 is 34.1. The Morgan fingerprint density at radius 3 is 2.22 bits per heavy atom. The molecule has 8 heteroatoms. The van der Waals surface area contributed by atoms with Crippen molar-refractivity contribution >= 4 is 17.5 Å². The average Bonchev–Trinajstić information content (AvgIpc) is 3.24. The Labute approximate surface area is 188 Å². The molecule has 0 N–H and O–H groups in total. The van der Waals surface area contributed by atoms with Crippen molar-refractivity contribution in [2.45, 2.75) is 18.2 Å². The quantitative estimate of drug-likeness (QED) is 0.256. The number of halogens is 2. The number of thioether (sulfide) groups is 1. The molecule has 1 unspecified atom stereocenters. The van der Waals surface area contributed by atoms with E-state index in [0.717, 1.165) is 5.69 Å². The smallest absolute Gasteiger partial charge is 0.196 e. The minimum absolute atomic E-state index is 0.115. The number of ether oxygens (including phenoxy) is 1. The summed E-state index contributed by atoms with van der Waals surface area (Å²) >= 11 is 1.24. The highest BCUT2D eigenvalue weighted by molar-refractivity contribution is 7.99. The van der Waals surface area contributed by atoms with E-state index in [9.17, 15) is 13.6 Å². The van der Waals surface area contributed by atoms with Crippen molar-refractivity contribution in [1.29, 1.82) is 0 Å². The van der Waals surface area contributed by atoms with E-state index in [1.807, 2.05) is 41.8 Å². The molecule has 0 saturated heterocycles. The Balaban J connectivity index is 1.58. The van der Waals surface area contributed by atoms with Crippen LogP contribution in [0.25, 0.3) is 5.69 Å². The lowest BCUT2D eigenvalue weighted by atomic mass is 10.1. The van der Waals surface area contributed by atoms with Crippen LogP contribution in [0.15, 0.2) is 84.0 Å². The minimum atomic E-state index is -0.490. The highest BCUT2D eigenvalue weighted by Gasteiger charge is 2.22. The van der Waals surface area contributed by atoms with E-state index in [2.05, 4.69) is 10.2 Å². The van der Waals surface area contributed by atoms with Gasteiger partial charge in [-0.1, -0.05) is 30.0 Å². The lowest BCUT2D eigenvalue weighted by Gasteiger charge is -2.16. The summed E-state index contributed by atoms with van der Waals surface area (Å²) in [6.45, 7) is 1.82. The van der Waals surface area contributed by atoms with Crippen LogP contribution >= 0.6 is 11.8 Å². The second-order valence-corrected chi connectivity index (χ2v) is 7.89. The van der Waals surface area contributed by atoms with Crippen molar-refractivity contribution in [1.82, 2.24) is 14.8 Å². The molecule has 3 aromatic carbocycles. The maximum Gasteiger partial charge on any atom is 0.196 e. The number of hydrogen-bond donors (Lipinski definition) is 0. The molecule has 4 aromatic rings. The van der Waals surface area contributed by atoms with Crippen LogP contribution in [0.2, 0.25) is 0 Å². The van der Waals surface area contributed by atoms with E-state index in [-0.39, 0.29) is 17.4 Å². The first kappa shape index (κ1) is 21.7. The molecule has 5 nitrogen and oxygen atoms in total. The molecule has 1 heterocycles. The van der Waals surface area contributed by atoms with Crippen LogP contribution in [-0.4, -0.2) is 26.3 Å². The Kier molecular flexibility index (Phi) is 6.61. The summed E-state index contributed by atoms with van der Waals surface area (Å²) in [6.07, 6.45) is -0.490. The standard InChI is InChI=1S/C24H19F2N3O2S/c1-16(31-21-13-11-19(26)12-14-21)23-27-28-24(29(23)20-5-3-2-4-6-20)32-15-22(30)17-7-9-18(25)10-8-17/h2-14,16H,15H2,1H3. The zero-order chi connectivity index (χ0) is 22.5. The van der Waals surface area contributed by atoms with Crippen molar-refractivity contribution in [3.05, 3.63) is 102 Å². The highest BCUT2D eigenvalue weighted by Crippen LogP contribution is 2.28. The van der Waals surface area contributed by atoms with Gasteiger partial charge in [0.05, 0.1) is 5.75 Å². The SMILES string of the molecule is CC(Oc1ccc(F)cc1)c1nnc(SCC(=O)c2ccc(F)cc2)n1-c1ccccc1. The van der Waals surface area contributed by atoms with Crippen LogP contribution in [-0.2, 0) is 0 Å². The number of nitrogens with zero attached hydrogens (tertiary/aromatic N) is 3. The summed E-state index contributed by atoms with van der Waals surface area (Å²) in [5.74, 6) is 0.276. The molecule has 1 aromatic heterocycles. The molecule has 0 fully saturated rings. The third-order valence-corrected chi connectivity index (χ3v) is 5.59. The molecule has 0 spiro atoms. The maximum absolute atomic E-state index is 13.2. The van der Waals surface area contributed by atoms with Gasteiger partial charge in [0.1, 0.15) is 17.4 Å². The third-order valence-electron chi connectivity index (χ3n) is 4.66. The monoisotopic (exact) mass is 451 g/mol. The first-order valence-corrected chi connectivity index (χ1v) is 10.8. The van der Waals surface area contributed by atoms with Gasteiger partial charge in [-0.2, -0.15) is 0 Å². The van der Waals surface area contributed by atoms with Crippen LogP contribution in [0.5, 0.6) is 5.75 Å². The minimum Gasteiger partial charge on any atom is -0.483 e. The first-order valence-electron chi connectivity index (χ1n) is 9.86. The van der Waals surface area contributed by atoms with Crippen molar-refractivity contribution in [3.8, 4) is 11.4 Å². The molecule has 0 radical (unpaired) electrons. The number of benzene rings is 3. The van der Waals surface area contributed by atoms with Gasteiger partial charge >= 0.3 is 0 Å². The van der Waals surface area contributed by atoms with Gasteiger partial charge in [-0.3, -0.25) is 9.36 Å². The van der Waals surface area contributed by atoms with E-state index < -0.39 is 11.9 Å². The molecule has 0 aliphatic rings. The third kappa shape index (κ3) is 5.03. The van der Waals surface area contributed by atoms with Gasteiger partial charge in [0.15, 0.2) is 22.9 Å². The number of rotatable bonds is 8. The number of carbonyl (C=O) groups is 1. The lowest BCUT2D eigenvalue weighted by Crippen LogP contribution is -2.12. The van der Waals surface area contributed by atoms with Crippen LogP contribution in [0.3, 0.4) is 0 Å². The van der Waals surface area contributed by atoms with Gasteiger partial charge in [0.2, 0.25) is 0 Å². The molecule has 1 atom stereocenters. The fourth-order valence-corrected chi connectivity index (χ4v) is 3.93. The molecule has 0 bridgehead atoms. The van der Waals surface area contributed by atoms with E-state index >= 15 is 0 Å². The van der Waals surface area contributed by atoms with Crippen LogP contribution in [0.1, 0.15) is 29.2 Å². The molecular formula is C24H19F2N3O2S. The number of carbonyl (C=O) groups excluding carboxylic acids is 1. The molecule has 0 aliphatic heterocycles. The predicted octanol–water partition coefficient (Wildman–Crippen LogP) is 5.66. The molecule has 0 aliphatic carbocycles. The predicted molar refractivity (Wildman–Crippen MR) is 118 cm³/mol. The molecule has 162 valence electrons. The number of Topliss-reactive ketones (excluding diaryl/α,β-unsaturated/α-hetero) is 1. The molecule has 4 rings (SSSR count). The van der Waals surface area contributed by atoms with Crippen molar-refractivity contribution < 1.29 is 18.3 Å². The van der Waals surface area contributed by atoms with Crippen molar-refractivity contribution in [2.75, 3.05) is 5.75 Å².